The van der Waals surface area contributed by atoms with Crippen LogP contribution in [-0.2, 0) is 4.79 Å². The zero-order valence-electron chi connectivity index (χ0n) is 17.2. The van der Waals surface area contributed by atoms with Gasteiger partial charge in [-0.25, -0.2) is 0 Å². The van der Waals surface area contributed by atoms with Gasteiger partial charge in [-0.15, -0.1) is 0 Å². The first kappa shape index (κ1) is 25.0. The highest BCUT2D eigenvalue weighted by molar-refractivity contribution is 6.31. The summed E-state index contributed by atoms with van der Waals surface area (Å²) in [5, 5.41) is 6.54. The van der Waals surface area contributed by atoms with Crippen molar-refractivity contribution in [3.8, 4) is 0 Å². The molecule has 0 aliphatic rings. The normalized spacial score (nSPS) is 13.3. The minimum absolute atomic E-state index is 0.0409. The van der Waals surface area contributed by atoms with Crippen molar-refractivity contribution in [3.63, 3.8) is 0 Å². The molecule has 10 heteroatoms. The van der Waals surface area contributed by atoms with Gasteiger partial charge in [-0.2, -0.15) is 13.2 Å². The van der Waals surface area contributed by atoms with Crippen LogP contribution in [0.25, 0.3) is 0 Å². The van der Waals surface area contributed by atoms with Crippen molar-refractivity contribution in [1.29, 1.82) is 0 Å². The largest absolute Gasteiger partial charge is 0.406 e. The molecule has 0 aliphatic carbocycles. The monoisotopic (exact) mass is 435 g/mol. The number of amides is 1. The average molecular weight is 436 g/mol. The summed E-state index contributed by atoms with van der Waals surface area (Å²) in [5.41, 5.74) is 0.960. The number of hydrogen-bond donors (Lipinski definition) is 2. The van der Waals surface area contributed by atoms with Crippen molar-refractivity contribution < 1.29 is 18.0 Å². The molecule has 1 rings (SSSR count). The molecule has 1 atom stereocenters. The molecule has 29 heavy (non-hydrogen) atoms. The van der Waals surface area contributed by atoms with E-state index in [-0.39, 0.29) is 12.6 Å². The maximum absolute atomic E-state index is 12.4. The molecule has 0 bridgehead atoms. The summed E-state index contributed by atoms with van der Waals surface area (Å²) in [6.45, 7) is 4.58. The molecule has 0 heterocycles. The highest BCUT2D eigenvalue weighted by Crippen LogP contribution is 2.26. The number of nitrogens with zero attached hydrogens (tertiary/aromatic N) is 3. The van der Waals surface area contributed by atoms with Gasteiger partial charge in [-0.1, -0.05) is 43.6 Å². The van der Waals surface area contributed by atoms with Crippen LogP contribution in [0.5, 0.6) is 0 Å². The third-order valence-corrected chi connectivity index (χ3v) is 4.80. The van der Waals surface area contributed by atoms with Gasteiger partial charge in [0.15, 0.2) is 5.96 Å². The molecule has 0 radical (unpaired) electrons. The first-order valence-corrected chi connectivity index (χ1v) is 9.74. The van der Waals surface area contributed by atoms with E-state index in [2.05, 4.69) is 34.4 Å². The van der Waals surface area contributed by atoms with Crippen LogP contribution in [0.15, 0.2) is 29.3 Å². The first-order valence-electron chi connectivity index (χ1n) is 9.36. The smallest absolute Gasteiger partial charge is 0.354 e. The van der Waals surface area contributed by atoms with Crippen LogP contribution in [0.3, 0.4) is 0 Å². The summed E-state index contributed by atoms with van der Waals surface area (Å²) < 4.78 is 37.2. The van der Waals surface area contributed by atoms with Gasteiger partial charge >= 0.3 is 6.18 Å². The van der Waals surface area contributed by atoms with Gasteiger partial charge in [0.25, 0.3) is 0 Å². The summed E-state index contributed by atoms with van der Waals surface area (Å²) in [6.07, 6.45) is -4.43. The van der Waals surface area contributed by atoms with E-state index in [1.165, 1.54) is 7.05 Å². The Labute approximate surface area is 175 Å². The molecule has 1 unspecified atom stereocenters. The minimum Gasteiger partial charge on any atom is -0.354 e. The van der Waals surface area contributed by atoms with Crippen molar-refractivity contribution >= 4 is 23.5 Å². The van der Waals surface area contributed by atoms with Gasteiger partial charge in [0.05, 0.1) is 12.6 Å². The molecule has 1 amide bonds. The first-order chi connectivity index (χ1) is 13.6. The molecule has 0 spiro atoms. The number of nitrogens with one attached hydrogen (secondary N) is 2. The fraction of sp³-hybridized carbons (Fsp3) is 0.579. The quantitative estimate of drug-likeness (QED) is 0.462. The third kappa shape index (κ3) is 8.49. The van der Waals surface area contributed by atoms with Gasteiger partial charge < -0.3 is 15.5 Å². The summed E-state index contributed by atoms with van der Waals surface area (Å²) in [6, 6.07) is 7.53. The van der Waals surface area contributed by atoms with E-state index >= 15 is 0 Å². The van der Waals surface area contributed by atoms with Gasteiger partial charge in [-0.3, -0.25) is 14.7 Å². The van der Waals surface area contributed by atoms with Gasteiger partial charge in [0.2, 0.25) is 5.91 Å². The van der Waals surface area contributed by atoms with E-state index in [4.69, 9.17) is 11.6 Å². The van der Waals surface area contributed by atoms with Crippen LogP contribution >= 0.6 is 11.6 Å². The number of carbonyl (C=O) groups excluding carboxylic acids is 1. The van der Waals surface area contributed by atoms with Crippen molar-refractivity contribution in [2.24, 2.45) is 4.99 Å². The van der Waals surface area contributed by atoms with Crippen molar-refractivity contribution in [3.05, 3.63) is 34.9 Å². The lowest BCUT2D eigenvalue weighted by atomic mass is 10.0. The number of carbonyl (C=O) groups is 1. The Morgan fingerprint density at radius 1 is 1.21 bits per heavy atom. The van der Waals surface area contributed by atoms with Crippen LogP contribution in [0.1, 0.15) is 25.5 Å². The molecule has 0 aromatic heterocycles. The Kier molecular flexibility index (Phi) is 10.2. The summed E-state index contributed by atoms with van der Waals surface area (Å²) >= 11 is 6.37. The minimum atomic E-state index is -4.43. The lowest BCUT2D eigenvalue weighted by Crippen LogP contribution is -2.47. The SMILES string of the molecule is CCN(CC)C(CNC(=NC)NCC(=O)N(C)CC(F)(F)F)c1ccccc1Cl. The van der Waals surface area contributed by atoms with E-state index in [0.717, 1.165) is 25.7 Å². The molecule has 0 saturated heterocycles. The fourth-order valence-corrected chi connectivity index (χ4v) is 3.17. The second-order valence-corrected chi connectivity index (χ2v) is 6.84. The predicted octanol–water partition coefficient (Wildman–Crippen LogP) is 2.91. The van der Waals surface area contributed by atoms with Crippen molar-refractivity contribution in [1.82, 2.24) is 20.4 Å². The molecule has 0 fully saturated rings. The summed E-state index contributed by atoms with van der Waals surface area (Å²) in [7, 11) is 2.64. The van der Waals surface area contributed by atoms with Gasteiger partial charge in [0.1, 0.15) is 6.54 Å². The maximum Gasteiger partial charge on any atom is 0.406 e. The number of guanidine groups is 1. The lowest BCUT2D eigenvalue weighted by Gasteiger charge is -2.31. The summed E-state index contributed by atoms with van der Waals surface area (Å²) in [5.74, 6) is -0.361. The molecule has 6 nitrogen and oxygen atoms in total. The second kappa shape index (κ2) is 11.9. The topological polar surface area (TPSA) is 60.0 Å². The number of hydrogen-bond acceptors (Lipinski definition) is 3. The van der Waals surface area contributed by atoms with E-state index in [9.17, 15) is 18.0 Å². The number of aliphatic imine (C=N–C) groups is 1. The van der Waals surface area contributed by atoms with E-state index in [1.54, 1.807) is 0 Å². The van der Waals surface area contributed by atoms with Crippen LogP contribution in [0.4, 0.5) is 13.2 Å². The van der Waals surface area contributed by atoms with Gasteiger partial charge in [-0.05, 0) is 24.7 Å². The molecule has 2 N–H and O–H groups in total. The molecular weight excluding hydrogens is 407 g/mol. The second-order valence-electron chi connectivity index (χ2n) is 6.43. The number of benzene rings is 1. The zero-order chi connectivity index (χ0) is 22.0. The molecular formula is C19H29ClF3N5O. The van der Waals surface area contributed by atoms with E-state index < -0.39 is 18.6 Å². The number of rotatable bonds is 9. The Balaban J connectivity index is 2.74. The molecule has 164 valence electrons. The van der Waals surface area contributed by atoms with E-state index in [1.807, 2.05) is 24.3 Å². The Hall–Kier alpha value is -2.00. The highest BCUT2D eigenvalue weighted by Gasteiger charge is 2.31. The number of likely N-dealkylation sites (N-methyl/N-ethyl adjacent to an activating group) is 2. The van der Waals surface area contributed by atoms with Crippen LogP contribution < -0.4 is 10.6 Å². The zero-order valence-corrected chi connectivity index (χ0v) is 17.9. The number of alkyl halides is 3. The Morgan fingerprint density at radius 2 is 1.83 bits per heavy atom. The Morgan fingerprint density at radius 3 is 2.34 bits per heavy atom. The van der Waals surface area contributed by atoms with Gasteiger partial charge in [0, 0.05) is 25.7 Å². The van der Waals surface area contributed by atoms with Crippen molar-refractivity contribution in [2.75, 3.05) is 46.8 Å². The highest BCUT2D eigenvalue weighted by atomic mass is 35.5. The average Bonchev–Trinajstić information content (AvgIpc) is 2.66. The fourth-order valence-electron chi connectivity index (χ4n) is 2.91. The molecule has 0 saturated carbocycles. The standard InChI is InChI=1S/C19H29ClF3N5O/c1-5-28(6-2)16(14-9-7-8-10-15(14)20)11-25-18(24-3)26-12-17(29)27(4)13-19(21,22)23/h7-10,16H,5-6,11-13H2,1-4H3,(H2,24,25,26). The van der Waals surface area contributed by atoms with Crippen LogP contribution in [-0.4, -0.2) is 74.7 Å². The number of halogens is 4. The third-order valence-electron chi connectivity index (χ3n) is 4.45. The predicted molar refractivity (Wildman–Crippen MR) is 110 cm³/mol. The molecule has 0 aliphatic heterocycles. The lowest BCUT2D eigenvalue weighted by molar-refractivity contribution is -0.157. The molecule has 1 aromatic rings. The maximum atomic E-state index is 12.4. The van der Waals surface area contributed by atoms with E-state index in [0.29, 0.717) is 22.4 Å². The van der Waals surface area contributed by atoms with Crippen LogP contribution in [0, 0.1) is 0 Å². The Bertz CT molecular complexity index is 680. The summed E-state index contributed by atoms with van der Waals surface area (Å²) in [4.78, 5) is 18.8. The van der Waals surface area contributed by atoms with Crippen molar-refractivity contribution in [2.45, 2.75) is 26.1 Å². The van der Waals surface area contributed by atoms with Crippen LogP contribution in [0.2, 0.25) is 5.02 Å². The molecule has 1 aromatic carbocycles.